The zero-order valence-electron chi connectivity index (χ0n) is 17.9. The highest BCUT2D eigenvalue weighted by Crippen LogP contribution is 2.49. The molecule has 0 aliphatic carbocycles. The average Bonchev–Trinajstić information content (AvgIpc) is 3.15. The van der Waals surface area contributed by atoms with Crippen LogP contribution in [0.2, 0.25) is 10.0 Å². The monoisotopic (exact) mass is 468 g/mol. The molecule has 3 aromatic rings. The van der Waals surface area contributed by atoms with Crippen LogP contribution in [0.5, 0.6) is 11.6 Å². The smallest absolute Gasteiger partial charge is 0.244 e. The zero-order chi connectivity index (χ0) is 23.0. The van der Waals surface area contributed by atoms with Crippen molar-refractivity contribution in [2.45, 2.75) is 26.2 Å². The van der Waals surface area contributed by atoms with Gasteiger partial charge in [0.25, 0.3) is 0 Å². The van der Waals surface area contributed by atoms with Crippen LogP contribution in [0.3, 0.4) is 0 Å². The first-order valence-electron chi connectivity index (χ1n) is 10.1. The average molecular weight is 469 g/mol. The third-order valence-electron chi connectivity index (χ3n) is 5.38. The van der Waals surface area contributed by atoms with E-state index in [1.54, 1.807) is 12.1 Å². The summed E-state index contributed by atoms with van der Waals surface area (Å²) in [6, 6.07) is 13.7. The van der Waals surface area contributed by atoms with Gasteiger partial charge in [0.2, 0.25) is 11.8 Å². The Labute approximate surface area is 196 Å². The highest BCUT2D eigenvalue weighted by molar-refractivity contribution is 6.35. The molecule has 4 rings (SSSR count). The van der Waals surface area contributed by atoms with E-state index in [1.165, 1.54) is 12.7 Å². The molecule has 0 unspecified atom stereocenters. The van der Waals surface area contributed by atoms with Crippen LogP contribution in [0.15, 0.2) is 47.9 Å². The van der Waals surface area contributed by atoms with Gasteiger partial charge in [-0.3, -0.25) is 5.10 Å². The van der Waals surface area contributed by atoms with Crippen LogP contribution in [0.4, 0.5) is 0 Å². The van der Waals surface area contributed by atoms with Crippen LogP contribution in [-0.4, -0.2) is 17.3 Å². The fourth-order valence-electron chi connectivity index (χ4n) is 4.07. The molecule has 1 aliphatic rings. The number of benzene rings is 2. The van der Waals surface area contributed by atoms with Gasteiger partial charge in [0, 0.05) is 16.1 Å². The summed E-state index contributed by atoms with van der Waals surface area (Å²) >= 11 is 12.7. The first-order valence-corrected chi connectivity index (χ1v) is 10.9. The number of hydrogen-bond acceptors (Lipinski definition) is 5. The van der Waals surface area contributed by atoms with Crippen molar-refractivity contribution in [2.75, 3.05) is 7.11 Å². The van der Waals surface area contributed by atoms with Crippen molar-refractivity contribution in [3.63, 3.8) is 0 Å². The van der Waals surface area contributed by atoms with Crippen molar-refractivity contribution in [1.82, 2.24) is 10.2 Å². The molecule has 32 heavy (non-hydrogen) atoms. The molecule has 0 fully saturated rings. The molecule has 1 aliphatic heterocycles. The number of hydrogen-bond donors (Lipinski definition) is 2. The Morgan fingerprint density at radius 2 is 1.97 bits per heavy atom. The van der Waals surface area contributed by atoms with Crippen molar-refractivity contribution >= 4 is 23.2 Å². The summed E-state index contributed by atoms with van der Waals surface area (Å²) in [6.07, 6.45) is 0.989. The molecular weight excluding hydrogens is 447 g/mol. The Bertz CT molecular complexity index is 1240. The second kappa shape index (κ2) is 8.78. The van der Waals surface area contributed by atoms with E-state index in [9.17, 15) is 5.26 Å². The summed E-state index contributed by atoms with van der Waals surface area (Å²) in [5, 5.41) is 18.1. The van der Waals surface area contributed by atoms with Crippen LogP contribution in [0, 0.1) is 17.2 Å². The molecule has 8 heteroatoms. The normalized spacial score (nSPS) is 15.3. The molecular formula is C24H22Cl2N4O2. The molecule has 0 saturated heterocycles. The van der Waals surface area contributed by atoms with Gasteiger partial charge in [-0.05, 0) is 30.0 Å². The molecule has 2 heterocycles. The Hall–Kier alpha value is -3.14. The first kappa shape index (κ1) is 22.1. The minimum Gasteiger partial charge on any atom is -0.495 e. The minimum atomic E-state index is -0.626. The van der Waals surface area contributed by atoms with Crippen molar-refractivity contribution in [2.24, 2.45) is 11.7 Å². The maximum absolute atomic E-state index is 9.93. The van der Waals surface area contributed by atoms with Gasteiger partial charge in [0.05, 0.1) is 29.3 Å². The van der Waals surface area contributed by atoms with E-state index >= 15 is 0 Å². The number of methoxy groups -OCH3 is 1. The molecule has 0 amide bonds. The SMILES string of the molecule is COc1c(Cl)cc(Cl)cc1[C@H]1C(C#N)=C(N)Oc2n[nH]c(-c3ccc(CC(C)C)cc3)c21. The van der Waals surface area contributed by atoms with Crippen LogP contribution in [0.1, 0.15) is 36.5 Å². The number of nitrogens with one attached hydrogen (secondary N) is 1. The third-order valence-corrected chi connectivity index (χ3v) is 5.88. The van der Waals surface area contributed by atoms with Crippen molar-refractivity contribution in [1.29, 1.82) is 5.26 Å². The second-order valence-corrected chi connectivity index (χ2v) is 8.89. The van der Waals surface area contributed by atoms with Gasteiger partial charge in [0.15, 0.2) is 0 Å². The van der Waals surface area contributed by atoms with Crippen LogP contribution < -0.4 is 15.2 Å². The van der Waals surface area contributed by atoms with Gasteiger partial charge in [0.1, 0.15) is 17.4 Å². The maximum atomic E-state index is 9.93. The van der Waals surface area contributed by atoms with Gasteiger partial charge in [-0.25, -0.2) is 0 Å². The Morgan fingerprint density at radius 1 is 1.25 bits per heavy atom. The quantitative estimate of drug-likeness (QED) is 0.492. The standard InChI is InChI=1S/C24H22Cl2N4O2/c1-12(2)8-13-4-6-14(7-5-13)21-20-19(16-9-15(25)10-18(26)22(16)31-3)17(11-27)23(28)32-24(20)30-29-21/h4-7,9-10,12,19H,8,28H2,1-3H3,(H,29,30)/t19-/m0/s1. The maximum Gasteiger partial charge on any atom is 0.244 e. The Morgan fingerprint density at radius 3 is 2.59 bits per heavy atom. The van der Waals surface area contributed by atoms with E-state index in [-0.39, 0.29) is 11.5 Å². The minimum absolute atomic E-state index is 0.0199. The van der Waals surface area contributed by atoms with Crippen molar-refractivity contribution in [3.05, 3.63) is 74.6 Å². The molecule has 0 saturated carbocycles. The predicted molar refractivity (Wildman–Crippen MR) is 125 cm³/mol. The van der Waals surface area contributed by atoms with Gasteiger partial charge in [-0.1, -0.05) is 61.3 Å². The number of nitrogens with zero attached hydrogens (tertiary/aromatic N) is 2. The highest BCUT2D eigenvalue weighted by atomic mass is 35.5. The third kappa shape index (κ3) is 3.90. The van der Waals surface area contributed by atoms with Gasteiger partial charge in [-0.2, -0.15) is 5.26 Å². The number of H-pyrrole nitrogens is 1. The Kier molecular flexibility index (Phi) is 6.05. The highest BCUT2D eigenvalue weighted by Gasteiger charge is 2.37. The number of nitrogens with two attached hydrogens (primary N) is 1. The Balaban J connectivity index is 1.91. The lowest BCUT2D eigenvalue weighted by molar-refractivity contribution is 0.375. The number of allylic oxidation sites excluding steroid dienone is 1. The molecule has 164 valence electrons. The summed E-state index contributed by atoms with van der Waals surface area (Å²) < 4.78 is 11.3. The van der Waals surface area contributed by atoms with E-state index in [0.29, 0.717) is 38.7 Å². The zero-order valence-corrected chi connectivity index (χ0v) is 19.4. The number of rotatable bonds is 5. The van der Waals surface area contributed by atoms with Gasteiger partial charge < -0.3 is 15.2 Å². The lowest BCUT2D eigenvalue weighted by Gasteiger charge is -2.26. The largest absolute Gasteiger partial charge is 0.495 e. The van der Waals surface area contributed by atoms with E-state index in [0.717, 1.165) is 17.7 Å². The van der Waals surface area contributed by atoms with Crippen LogP contribution in [0.25, 0.3) is 11.3 Å². The molecule has 0 bridgehead atoms. The number of aromatic amines is 1. The number of ether oxygens (including phenoxy) is 2. The summed E-state index contributed by atoms with van der Waals surface area (Å²) in [4.78, 5) is 0. The molecule has 2 aromatic carbocycles. The van der Waals surface area contributed by atoms with Crippen LogP contribution in [-0.2, 0) is 6.42 Å². The summed E-state index contributed by atoms with van der Waals surface area (Å²) in [5.74, 6) is 0.622. The number of aromatic nitrogens is 2. The van der Waals surface area contributed by atoms with E-state index in [2.05, 4.69) is 42.2 Å². The first-order chi connectivity index (χ1) is 15.3. The van der Waals surface area contributed by atoms with Crippen molar-refractivity contribution in [3.8, 4) is 29.0 Å². The van der Waals surface area contributed by atoms with Gasteiger partial charge >= 0.3 is 0 Å². The van der Waals surface area contributed by atoms with Crippen molar-refractivity contribution < 1.29 is 9.47 Å². The topological polar surface area (TPSA) is 96.9 Å². The predicted octanol–water partition coefficient (Wildman–Crippen LogP) is 5.81. The van der Waals surface area contributed by atoms with Crippen LogP contribution >= 0.6 is 23.2 Å². The summed E-state index contributed by atoms with van der Waals surface area (Å²) in [7, 11) is 1.52. The second-order valence-electron chi connectivity index (χ2n) is 8.05. The lowest BCUT2D eigenvalue weighted by atomic mass is 9.82. The van der Waals surface area contributed by atoms with E-state index < -0.39 is 5.92 Å². The molecule has 0 spiro atoms. The van der Waals surface area contributed by atoms with E-state index in [1.807, 2.05) is 12.1 Å². The molecule has 6 nitrogen and oxygen atoms in total. The summed E-state index contributed by atoms with van der Waals surface area (Å²) in [5.41, 5.74) is 10.5. The molecule has 1 atom stereocenters. The fraction of sp³-hybridized carbons (Fsp3) is 0.250. The van der Waals surface area contributed by atoms with Gasteiger partial charge in [-0.15, -0.1) is 5.10 Å². The molecule has 0 radical (unpaired) electrons. The molecule has 1 aromatic heterocycles. The number of fused-ring (bicyclic) bond motifs is 1. The number of halogens is 2. The molecule has 3 N–H and O–H groups in total. The number of nitriles is 1. The lowest BCUT2D eigenvalue weighted by Crippen LogP contribution is -2.21. The fourth-order valence-corrected chi connectivity index (χ4v) is 4.65. The summed E-state index contributed by atoms with van der Waals surface area (Å²) in [6.45, 7) is 4.37. The van der Waals surface area contributed by atoms with E-state index in [4.69, 9.17) is 38.4 Å².